The minimum Gasteiger partial charge on any atom is -0.399 e. The number of rotatable bonds is 4. The Balaban J connectivity index is 1.73. The number of nitrogens with zero attached hydrogens (tertiary/aromatic N) is 1. The van der Waals surface area contributed by atoms with E-state index in [1.807, 2.05) is 6.20 Å². The van der Waals surface area contributed by atoms with Gasteiger partial charge < -0.3 is 16.0 Å². The highest BCUT2D eigenvalue weighted by molar-refractivity contribution is 5.83. The molecule has 0 aliphatic heterocycles. The first-order valence-corrected chi connectivity index (χ1v) is 6.96. The van der Waals surface area contributed by atoms with E-state index in [1.165, 1.54) is 12.1 Å². The Kier molecular flexibility index (Phi) is 3.67. The van der Waals surface area contributed by atoms with Gasteiger partial charge in [0.1, 0.15) is 11.9 Å². The molecule has 0 saturated carbocycles. The zero-order chi connectivity index (χ0) is 15.5. The van der Waals surface area contributed by atoms with Crippen LogP contribution in [0, 0.1) is 17.1 Å². The maximum absolute atomic E-state index is 13.3. The van der Waals surface area contributed by atoms with Gasteiger partial charge in [-0.2, -0.15) is 5.26 Å². The number of anilines is 2. The van der Waals surface area contributed by atoms with Crippen LogP contribution in [0.25, 0.3) is 10.9 Å². The Hall–Kier alpha value is -3.00. The smallest absolute Gasteiger partial charge is 0.123 e. The Bertz CT molecular complexity index is 861. The molecule has 110 valence electrons. The minimum atomic E-state index is -0.244. The molecule has 3 rings (SSSR count). The third-order valence-corrected chi connectivity index (χ3v) is 3.60. The number of aromatic amines is 1. The summed E-state index contributed by atoms with van der Waals surface area (Å²) in [5.41, 5.74) is 9.46. The van der Waals surface area contributed by atoms with Crippen LogP contribution in [0.2, 0.25) is 0 Å². The van der Waals surface area contributed by atoms with E-state index in [4.69, 9.17) is 11.0 Å². The van der Waals surface area contributed by atoms with Crippen LogP contribution in [0.4, 0.5) is 15.8 Å². The topological polar surface area (TPSA) is 77.6 Å². The van der Waals surface area contributed by atoms with Gasteiger partial charge in [0.2, 0.25) is 0 Å². The van der Waals surface area contributed by atoms with E-state index in [-0.39, 0.29) is 5.82 Å². The number of nitrogens with two attached hydrogens (primary N) is 1. The lowest BCUT2D eigenvalue weighted by Gasteiger charge is -2.08. The first-order valence-electron chi connectivity index (χ1n) is 6.96. The maximum atomic E-state index is 13.3. The van der Waals surface area contributed by atoms with Gasteiger partial charge in [-0.25, -0.2) is 4.39 Å². The van der Waals surface area contributed by atoms with Crippen molar-refractivity contribution in [1.29, 1.82) is 5.26 Å². The predicted molar refractivity (Wildman–Crippen MR) is 86.0 cm³/mol. The SMILES string of the molecule is N#Cc1cc(N)ccc1NCCc1c[nH]c2ccc(F)cc12. The van der Waals surface area contributed by atoms with Crippen molar-refractivity contribution in [2.45, 2.75) is 6.42 Å². The molecule has 0 fully saturated rings. The average Bonchev–Trinajstić information content (AvgIpc) is 2.91. The molecule has 2 aromatic carbocycles. The molecule has 0 saturated heterocycles. The first-order chi connectivity index (χ1) is 10.7. The maximum Gasteiger partial charge on any atom is 0.123 e. The van der Waals surface area contributed by atoms with Crippen molar-refractivity contribution in [2.24, 2.45) is 0 Å². The normalized spacial score (nSPS) is 10.5. The number of H-pyrrole nitrogens is 1. The molecule has 0 bridgehead atoms. The minimum absolute atomic E-state index is 0.244. The Morgan fingerprint density at radius 1 is 1.23 bits per heavy atom. The molecule has 0 radical (unpaired) electrons. The van der Waals surface area contributed by atoms with Gasteiger partial charge in [-0.05, 0) is 48.4 Å². The van der Waals surface area contributed by atoms with Gasteiger partial charge in [0.05, 0.1) is 11.3 Å². The number of fused-ring (bicyclic) bond motifs is 1. The third-order valence-electron chi connectivity index (χ3n) is 3.60. The molecular weight excluding hydrogens is 279 g/mol. The molecule has 4 nitrogen and oxygen atoms in total. The van der Waals surface area contributed by atoms with E-state index >= 15 is 0 Å². The van der Waals surface area contributed by atoms with Crippen molar-refractivity contribution in [3.8, 4) is 6.07 Å². The summed E-state index contributed by atoms with van der Waals surface area (Å²) in [5, 5.41) is 13.2. The van der Waals surface area contributed by atoms with E-state index in [0.29, 0.717) is 17.8 Å². The van der Waals surface area contributed by atoms with Crippen LogP contribution in [0.5, 0.6) is 0 Å². The van der Waals surface area contributed by atoms with Gasteiger partial charge in [-0.15, -0.1) is 0 Å². The summed E-state index contributed by atoms with van der Waals surface area (Å²) in [7, 11) is 0. The van der Waals surface area contributed by atoms with Crippen LogP contribution in [0.3, 0.4) is 0 Å². The molecule has 1 aromatic heterocycles. The molecule has 0 spiro atoms. The first kappa shape index (κ1) is 14.0. The highest BCUT2D eigenvalue weighted by atomic mass is 19.1. The van der Waals surface area contributed by atoms with Crippen LogP contribution in [0.15, 0.2) is 42.6 Å². The van der Waals surface area contributed by atoms with Gasteiger partial charge >= 0.3 is 0 Å². The number of nitrogens with one attached hydrogen (secondary N) is 2. The Morgan fingerprint density at radius 3 is 2.91 bits per heavy atom. The van der Waals surface area contributed by atoms with Crippen molar-refractivity contribution >= 4 is 22.3 Å². The quantitative estimate of drug-likeness (QED) is 0.645. The molecule has 0 aliphatic rings. The van der Waals surface area contributed by atoms with Crippen molar-refractivity contribution in [1.82, 2.24) is 4.98 Å². The summed E-state index contributed by atoms with van der Waals surface area (Å²) >= 11 is 0. The second-order valence-corrected chi connectivity index (χ2v) is 5.10. The summed E-state index contributed by atoms with van der Waals surface area (Å²) in [6.45, 7) is 0.641. The predicted octanol–water partition coefficient (Wildman–Crippen LogP) is 3.42. The zero-order valence-electron chi connectivity index (χ0n) is 11.9. The lowest BCUT2D eigenvalue weighted by molar-refractivity contribution is 0.629. The van der Waals surface area contributed by atoms with E-state index in [2.05, 4.69) is 16.4 Å². The summed E-state index contributed by atoms with van der Waals surface area (Å²) in [5.74, 6) is -0.244. The molecule has 5 heteroatoms. The highest BCUT2D eigenvalue weighted by Crippen LogP contribution is 2.21. The fourth-order valence-electron chi connectivity index (χ4n) is 2.50. The lowest BCUT2D eigenvalue weighted by Crippen LogP contribution is -2.06. The molecule has 1 heterocycles. The van der Waals surface area contributed by atoms with Gasteiger partial charge in [0.15, 0.2) is 0 Å². The summed E-state index contributed by atoms with van der Waals surface area (Å²) < 4.78 is 13.3. The molecule has 3 aromatic rings. The number of hydrogen-bond donors (Lipinski definition) is 3. The number of benzene rings is 2. The van der Waals surface area contributed by atoms with E-state index in [0.717, 1.165) is 28.6 Å². The van der Waals surface area contributed by atoms with Gasteiger partial charge in [-0.1, -0.05) is 0 Å². The van der Waals surface area contributed by atoms with Crippen LogP contribution in [0.1, 0.15) is 11.1 Å². The van der Waals surface area contributed by atoms with E-state index in [9.17, 15) is 4.39 Å². The summed E-state index contributed by atoms with van der Waals surface area (Å²) in [4.78, 5) is 3.13. The second-order valence-electron chi connectivity index (χ2n) is 5.10. The van der Waals surface area contributed by atoms with Crippen molar-refractivity contribution in [3.05, 3.63) is 59.5 Å². The van der Waals surface area contributed by atoms with Crippen LogP contribution in [-0.2, 0) is 6.42 Å². The number of nitrogen functional groups attached to an aromatic ring is 1. The van der Waals surface area contributed by atoms with E-state index < -0.39 is 0 Å². The highest BCUT2D eigenvalue weighted by Gasteiger charge is 2.06. The largest absolute Gasteiger partial charge is 0.399 e. The zero-order valence-corrected chi connectivity index (χ0v) is 11.9. The Morgan fingerprint density at radius 2 is 2.09 bits per heavy atom. The monoisotopic (exact) mass is 294 g/mol. The molecule has 4 N–H and O–H groups in total. The van der Waals surface area contributed by atoms with Crippen molar-refractivity contribution in [2.75, 3.05) is 17.6 Å². The number of aromatic nitrogens is 1. The lowest BCUT2D eigenvalue weighted by atomic mass is 10.1. The molecular formula is C17H15FN4. The summed E-state index contributed by atoms with van der Waals surface area (Å²) in [6.07, 6.45) is 2.61. The number of hydrogen-bond acceptors (Lipinski definition) is 3. The van der Waals surface area contributed by atoms with Crippen molar-refractivity contribution < 1.29 is 4.39 Å². The van der Waals surface area contributed by atoms with E-state index in [1.54, 1.807) is 24.3 Å². The molecule has 0 amide bonds. The van der Waals surface area contributed by atoms with Crippen molar-refractivity contribution in [3.63, 3.8) is 0 Å². The molecule has 22 heavy (non-hydrogen) atoms. The standard InChI is InChI=1S/C17H15FN4/c18-13-1-3-17-15(8-13)11(10-22-17)5-6-21-16-4-2-14(20)7-12(16)9-19/h1-4,7-8,10,21-22H,5-6,20H2. The van der Waals surface area contributed by atoms with Crippen LogP contribution in [-0.4, -0.2) is 11.5 Å². The average molecular weight is 294 g/mol. The Labute approximate surface area is 127 Å². The molecule has 0 unspecified atom stereocenters. The molecule has 0 aliphatic carbocycles. The van der Waals surface area contributed by atoms with Gasteiger partial charge in [0.25, 0.3) is 0 Å². The second kappa shape index (κ2) is 5.78. The number of nitriles is 1. The van der Waals surface area contributed by atoms with Crippen LogP contribution >= 0.6 is 0 Å². The van der Waals surface area contributed by atoms with Crippen LogP contribution < -0.4 is 11.1 Å². The fraction of sp³-hybridized carbons (Fsp3) is 0.118. The van der Waals surface area contributed by atoms with Gasteiger partial charge in [0, 0.05) is 29.3 Å². The summed E-state index contributed by atoms with van der Waals surface area (Å²) in [6, 6.07) is 12.0. The fourth-order valence-corrected chi connectivity index (χ4v) is 2.50. The van der Waals surface area contributed by atoms with Gasteiger partial charge in [-0.3, -0.25) is 0 Å². The molecule has 0 atom stereocenters. The third kappa shape index (κ3) is 2.72. The number of halogens is 1.